The van der Waals surface area contributed by atoms with Crippen LogP contribution < -0.4 is 5.73 Å². The van der Waals surface area contributed by atoms with E-state index in [0.717, 1.165) is 77.0 Å². The molecule has 0 radical (unpaired) electrons. The third-order valence-electron chi connectivity index (χ3n) is 9.56. The molecule has 10 heteroatoms. The van der Waals surface area contributed by atoms with Crippen molar-refractivity contribution >= 4 is 19.8 Å². The topological polar surface area (TPSA) is 134 Å². The quantitative estimate of drug-likeness (QED) is 0.0266. The van der Waals surface area contributed by atoms with E-state index in [2.05, 4.69) is 86.8 Å². The van der Waals surface area contributed by atoms with E-state index in [0.29, 0.717) is 6.42 Å². The van der Waals surface area contributed by atoms with E-state index in [1.807, 2.05) is 0 Å². The van der Waals surface area contributed by atoms with Gasteiger partial charge in [-0.1, -0.05) is 164 Å². The van der Waals surface area contributed by atoms with Crippen molar-refractivity contribution in [2.45, 2.75) is 200 Å². The van der Waals surface area contributed by atoms with Gasteiger partial charge >= 0.3 is 19.8 Å². The minimum atomic E-state index is -4.39. The summed E-state index contributed by atoms with van der Waals surface area (Å²) in [6.45, 7) is 3.63. The molecule has 0 aromatic carbocycles. The Hall–Kier alpha value is -2.55. The molecule has 0 saturated heterocycles. The monoisotopic (exact) mass is 848 g/mol. The summed E-state index contributed by atoms with van der Waals surface area (Å²) in [6.07, 6.45) is 55.0. The molecule has 0 aliphatic carbocycles. The number of esters is 2. The van der Waals surface area contributed by atoms with Crippen LogP contribution in [0.4, 0.5) is 0 Å². The average Bonchev–Trinajstić information content (AvgIpc) is 3.22. The van der Waals surface area contributed by atoms with Crippen molar-refractivity contribution < 1.29 is 37.6 Å². The van der Waals surface area contributed by atoms with Gasteiger partial charge in [0.1, 0.15) is 6.61 Å². The molecule has 0 aromatic rings. The maximum absolute atomic E-state index is 12.6. The molecule has 59 heavy (non-hydrogen) atoms. The smallest absolute Gasteiger partial charge is 0.462 e. The Morgan fingerprint density at radius 2 is 0.881 bits per heavy atom. The first-order valence-electron chi connectivity index (χ1n) is 23.4. The lowest BCUT2D eigenvalue weighted by Crippen LogP contribution is -2.29. The largest absolute Gasteiger partial charge is 0.472 e. The van der Waals surface area contributed by atoms with Crippen LogP contribution in [0.3, 0.4) is 0 Å². The van der Waals surface area contributed by atoms with E-state index >= 15 is 0 Å². The van der Waals surface area contributed by atoms with Gasteiger partial charge in [0.2, 0.25) is 0 Å². The first-order chi connectivity index (χ1) is 28.8. The van der Waals surface area contributed by atoms with Gasteiger partial charge in [-0.05, 0) is 89.9 Å². The summed E-state index contributed by atoms with van der Waals surface area (Å²) in [7, 11) is -4.39. The number of rotatable bonds is 43. The van der Waals surface area contributed by atoms with Gasteiger partial charge in [-0.25, -0.2) is 4.57 Å². The number of hydrogen-bond donors (Lipinski definition) is 2. The molecule has 0 bridgehead atoms. The van der Waals surface area contributed by atoms with Crippen molar-refractivity contribution in [2.75, 3.05) is 26.4 Å². The second-order valence-corrected chi connectivity index (χ2v) is 16.7. The van der Waals surface area contributed by atoms with Gasteiger partial charge in [-0.15, -0.1) is 0 Å². The molecule has 0 aromatic heterocycles. The maximum atomic E-state index is 12.6. The van der Waals surface area contributed by atoms with E-state index in [-0.39, 0.29) is 32.6 Å². The zero-order valence-electron chi connectivity index (χ0n) is 37.5. The lowest BCUT2D eigenvalue weighted by Gasteiger charge is -2.19. The Morgan fingerprint density at radius 1 is 0.508 bits per heavy atom. The number of carbonyl (C=O) groups excluding carboxylic acids is 2. The molecule has 0 heterocycles. The highest BCUT2D eigenvalue weighted by Gasteiger charge is 2.26. The molecule has 0 spiro atoms. The standard InChI is InChI=1S/C49H86NO8P/c1-3-5-7-9-11-13-15-17-19-21-23-25-27-29-31-33-35-37-39-41-48(51)55-45-47(46-57-59(53,54)56-44-43-50)58-49(52)42-40-38-36-34-32-30-28-26-24-22-20-18-16-14-12-10-8-6-4-2/h11-14,17-20,24,26,30,32,47H,3-10,15-16,21-23,25,27-29,31,33-46,50H2,1-2H3,(H,53,54)/b13-11+,14-12+,19-17+,20-18+,26-24+,32-30+/t47-/m1/s1. The van der Waals surface area contributed by atoms with Crippen LogP contribution in [0.15, 0.2) is 72.9 Å². The molecule has 1 unspecified atom stereocenters. The fourth-order valence-electron chi connectivity index (χ4n) is 6.06. The molecule has 0 aliphatic heterocycles. The number of hydrogen-bond acceptors (Lipinski definition) is 8. The third kappa shape index (κ3) is 44.8. The van der Waals surface area contributed by atoms with Crippen molar-refractivity contribution in [1.29, 1.82) is 0 Å². The van der Waals surface area contributed by atoms with Crippen LogP contribution >= 0.6 is 7.82 Å². The Bertz CT molecular complexity index is 1190. The zero-order valence-corrected chi connectivity index (χ0v) is 38.4. The molecule has 0 fully saturated rings. The lowest BCUT2D eigenvalue weighted by atomic mass is 10.1. The van der Waals surface area contributed by atoms with Gasteiger partial charge in [-0.3, -0.25) is 18.6 Å². The van der Waals surface area contributed by atoms with E-state index in [9.17, 15) is 19.0 Å². The molecular weight excluding hydrogens is 762 g/mol. The molecular formula is C49H86NO8P. The molecule has 0 rings (SSSR count). The van der Waals surface area contributed by atoms with Crippen LogP contribution in [0.5, 0.6) is 0 Å². The second-order valence-electron chi connectivity index (χ2n) is 15.3. The minimum absolute atomic E-state index is 0.0439. The highest BCUT2D eigenvalue weighted by molar-refractivity contribution is 7.47. The molecule has 3 N–H and O–H groups in total. The van der Waals surface area contributed by atoms with E-state index in [4.69, 9.17) is 24.3 Å². The zero-order chi connectivity index (χ0) is 43.2. The van der Waals surface area contributed by atoms with Crippen LogP contribution in [-0.2, 0) is 32.7 Å². The molecule has 340 valence electrons. The summed E-state index contributed by atoms with van der Waals surface area (Å²) in [5.41, 5.74) is 5.35. The van der Waals surface area contributed by atoms with Crippen LogP contribution in [0.1, 0.15) is 194 Å². The van der Waals surface area contributed by atoms with Gasteiger partial charge < -0.3 is 20.1 Å². The van der Waals surface area contributed by atoms with Gasteiger partial charge in [0.05, 0.1) is 13.2 Å². The van der Waals surface area contributed by atoms with Gasteiger partial charge in [0, 0.05) is 19.4 Å². The number of carbonyl (C=O) groups is 2. The van der Waals surface area contributed by atoms with Gasteiger partial charge in [0.15, 0.2) is 6.10 Å². The number of phosphoric ester groups is 1. The first-order valence-corrected chi connectivity index (χ1v) is 24.9. The predicted octanol–water partition coefficient (Wildman–Crippen LogP) is 13.8. The highest BCUT2D eigenvalue weighted by atomic mass is 31.2. The molecule has 0 amide bonds. The predicted molar refractivity (Wildman–Crippen MR) is 247 cm³/mol. The molecule has 9 nitrogen and oxygen atoms in total. The summed E-state index contributed by atoms with van der Waals surface area (Å²) in [4.78, 5) is 35.0. The van der Waals surface area contributed by atoms with Crippen LogP contribution in [0.25, 0.3) is 0 Å². The number of nitrogens with two attached hydrogens (primary N) is 1. The first kappa shape index (κ1) is 56.5. The summed E-state index contributed by atoms with van der Waals surface area (Å²) in [6, 6.07) is 0. The van der Waals surface area contributed by atoms with Crippen molar-refractivity contribution in [3.63, 3.8) is 0 Å². The average molecular weight is 848 g/mol. The molecule has 0 aliphatic rings. The summed E-state index contributed by atoms with van der Waals surface area (Å²) in [5, 5.41) is 0. The van der Waals surface area contributed by atoms with Crippen molar-refractivity contribution in [2.24, 2.45) is 5.73 Å². The Morgan fingerprint density at radius 3 is 1.32 bits per heavy atom. The number of phosphoric acid groups is 1. The number of unbranched alkanes of at least 4 members (excludes halogenated alkanes) is 18. The summed E-state index contributed by atoms with van der Waals surface area (Å²) in [5.74, 6) is -0.872. The molecule has 0 saturated carbocycles. The van der Waals surface area contributed by atoms with Gasteiger partial charge in [-0.2, -0.15) is 0 Å². The SMILES string of the molecule is CCCCC/C=C/C/C=C/C/C=C/C/C=C/CCCCCC(=O)O[C@H](COC(=O)CCCCCCCCCCC/C=C/C/C=C/CCCCC)COP(=O)(O)OCCN. The van der Waals surface area contributed by atoms with E-state index in [1.165, 1.54) is 83.5 Å². The fraction of sp³-hybridized carbons (Fsp3) is 0.714. The Labute approximate surface area is 361 Å². The van der Waals surface area contributed by atoms with Crippen LogP contribution in [0.2, 0.25) is 0 Å². The normalized spacial score (nSPS) is 13.9. The van der Waals surface area contributed by atoms with Crippen molar-refractivity contribution in [3.05, 3.63) is 72.9 Å². The van der Waals surface area contributed by atoms with Crippen molar-refractivity contribution in [1.82, 2.24) is 0 Å². The minimum Gasteiger partial charge on any atom is -0.462 e. The van der Waals surface area contributed by atoms with Gasteiger partial charge in [0.25, 0.3) is 0 Å². The third-order valence-corrected chi connectivity index (χ3v) is 10.5. The second kappa shape index (κ2) is 45.0. The summed E-state index contributed by atoms with van der Waals surface area (Å²) < 4.78 is 32.8. The number of ether oxygens (including phenoxy) is 2. The Kier molecular flexibility index (Phi) is 43.0. The lowest BCUT2D eigenvalue weighted by molar-refractivity contribution is -0.161. The van der Waals surface area contributed by atoms with Crippen molar-refractivity contribution in [3.8, 4) is 0 Å². The highest BCUT2D eigenvalue weighted by Crippen LogP contribution is 2.43. The Balaban J connectivity index is 4.19. The van der Waals surface area contributed by atoms with Crippen LogP contribution in [-0.4, -0.2) is 49.3 Å². The van der Waals surface area contributed by atoms with E-state index < -0.39 is 32.5 Å². The maximum Gasteiger partial charge on any atom is 0.472 e. The number of allylic oxidation sites excluding steroid dienone is 12. The van der Waals surface area contributed by atoms with Crippen LogP contribution in [0, 0.1) is 0 Å². The van der Waals surface area contributed by atoms with E-state index in [1.54, 1.807) is 0 Å². The molecule has 2 atom stereocenters. The fourth-order valence-corrected chi connectivity index (χ4v) is 6.82. The summed E-state index contributed by atoms with van der Waals surface area (Å²) >= 11 is 0.